The molecule has 3 aromatic rings. The van der Waals surface area contributed by atoms with E-state index in [0.717, 1.165) is 17.2 Å². The summed E-state index contributed by atoms with van der Waals surface area (Å²) in [7, 11) is 0. The van der Waals surface area contributed by atoms with Gasteiger partial charge in [0.1, 0.15) is 0 Å². The van der Waals surface area contributed by atoms with Gasteiger partial charge in [-0.25, -0.2) is 4.90 Å². The fraction of sp³-hybridized carbons (Fsp3) is 0.259. The Morgan fingerprint density at radius 3 is 2.15 bits per heavy atom. The molecule has 3 fully saturated rings. The monoisotopic (exact) mass is 436 g/mol. The number of Topliss-reactive ketones (excluding diaryl/α,β-unsaturated/α-hetero) is 2. The number of rotatable bonds is 1. The van der Waals surface area contributed by atoms with Crippen LogP contribution in [0.3, 0.4) is 0 Å². The first-order valence-corrected chi connectivity index (χ1v) is 11.4. The van der Waals surface area contributed by atoms with Gasteiger partial charge in [0, 0.05) is 17.2 Å². The van der Waals surface area contributed by atoms with E-state index < -0.39 is 23.3 Å². The smallest absolute Gasteiger partial charge is 0.240 e. The standard InChI is InChI=1S/C27H20N2O4/c30-23-18-8-3-4-9-19(18)24(31)27(23)22-21(20-10-5-13-28(20)27)25(32)29(26(22)33)17-12-11-15-6-1-2-7-16(15)14-17/h1-4,6-9,11-12,14,20-22H,5,10,13H2/t20-,21+,22+/m1/s1. The van der Waals surface area contributed by atoms with Crippen LogP contribution < -0.4 is 4.90 Å². The van der Waals surface area contributed by atoms with Gasteiger partial charge in [0.2, 0.25) is 11.8 Å². The number of hydrogen-bond acceptors (Lipinski definition) is 5. The van der Waals surface area contributed by atoms with Gasteiger partial charge >= 0.3 is 0 Å². The van der Waals surface area contributed by atoms with E-state index in [2.05, 4.69) is 0 Å². The van der Waals surface area contributed by atoms with E-state index in [-0.39, 0.29) is 23.5 Å². The van der Waals surface area contributed by atoms with Crippen LogP contribution in [0.15, 0.2) is 66.7 Å². The summed E-state index contributed by atoms with van der Waals surface area (Å²) >= 11 is 0. The Hall–Kier alpha value is -3.64. The molecule has 3 heterocycles. The molecule has 162 valence electrons. The molecule has 33 heavy (non-hydrogen) atoms. The zero-order valence-electron chi connectivity index (χ0n) is 17.7. The molecule has 0 N–H and O–H groups in total. The van der Waals surface area contributed by atoms with Crippen molar-refractivity contribution in [3.63, 3.8) is 0 Å². The molecule has 0 unspecified atom stereocenters. The summed E-state index contributed by atoms with van der Waals surface area (Å²) in [6.07, 6.45) is 1.49. The molecular formula is C27H20N2O4. The molecule has 6 nitrogen and oxygen atoms in total. The number of amides is 2. The molecule has 3 aliphatic heterocycles. The van der Waals surface area contributed by atoms with E-state index in [4.69, 9.17) is 0 Å². The van der Waals surface area contributed by atoms with Crippen LogP contribution >= 0.6 is 0 Å². The van der Waals surface area contributed by atoms with Crippen LogP contribution in [0.1, 0.15) is 33.6 Å². The summed E-state index contributed by atoms with van der Waals surface area (Å²) in [6.45, 7) is 0.541. The molecule has 7 rings (SSSR count). The van der Waals surface area contributed by atoms with Gasteiger partial charge in [-0.3, -0.25) is 24.1 Å². The Morgan fingerprint density at radius 1 is 0.758 bits per heavy atom. The van der Waals surface area contributed by atoms with Crippen molar-refractivity contribution in [2.75, 3.05) is 11.4 Å². The van der Waals surface area contributed by atoms with Crippen molar-refractivity contribution in [2.45, 2.75) is 24.4 Å². The predicted molar refractivity (Wildman–Crippen MR) is 121 cm³/mol. The summed E-state index contributed by atoms with van der Waals surface area (Å²) in [5.74, 6) is -3.08. The lowest BCUT2D eigenvalue weighted by molar-refractivity contribution is -0.124. The van der Waals surface area contributed by atoms with E-state index in [0.29, 0.717) is 29.8 Å². The maximum atomic E-state index is 13.9. The third-order valence-corrected chi connectivity index (χ3v) is 8.07. The molecule has 0 aromatic heterocycles. The van der Waals surface area contributed by atoms with Crippen LogP contribution in [0.5, 0.6) is 0 Å². The van der Waals surface area contributed by atoms with Crippen molar-refractivity contribution in [2.24, 2.45) is 11.8 Å². The van der Waals surface area contributed by atoms with Crippen molar-refractivity contribution in [1.29, 1.82) is 0 Å². The molecule has 1 spiro atoms. The minimum Gasteiger partial charge on any atom is -0.291 e. The largest absolute Gasteiger partial charge is 0.291 e. The maximum Gasteiger partial charge on any atom is 0.240 e. The van der Waals surface area contributed by atoms with Crippen LogP contribution in [0.4, 0.5) is 5.69 Å². The van der Waals surface area contributed by atoms with Gasteiger partial charge in [-0.1, -0.05) is 54.6 Å². The van der Waals surface area contributed by atoms with Crippen LogP contribution in [-0.4, -0.2) is 46.4 Å². The number of carbonyl (C=O) groups excluding carboxylic acids is 4. The molecule has 0 radical (unpaired) electrons. The van der Waals surface area contributed by atoms with Crippen LogP contribution in [-0.2, 0) is 9.59 Å². The Morgan fingerprint density at radius 2 is 1.42 bits per heavy atom. The Kier molecular flexibility index (Phi) is 3.57. The Bertz CT molecular complexity index is 1390. The second-order valence-electron chi connectivity index (χ2n) is 9.42. The zero-order valence-corrected chi connectivity index (χ0v) is 17.7. The van der Waals surface area contributed by atoms with Gasteiger partial charge in [-0.15, -0.1) is 0 Å². The third kappa shape index (κ3) is 2.08. The topological polar surface area (TPSA) is 74.8 Å². The normalized spacial score (nSPS) is 27.6. The van der Waals surface area contributed by atoms with Crippen molar-refractivity contribution in [1.82, 2.24) is 4.90 Å². The second kappa shape index (κ2) is 6.23. The number of benzene rings is 3. The second-order valence-corrected chi connectivity index (χ2v) is 9.42. The van der Waals surface area contributed by atoms with Gasteiger partial charge in [0.15, 0.2) is 17.1 Å². The van der Waals surface area contributed by atoms with Gasteiger partial charge in [0.25, 0.3) is 0 Å². The number of hydrogen-bond donors (Lipinski definition) is 0. The molecule has 4 aliphatic rings. The first-order valence-electron chi connectivity index (χ1n) is 11.4. The summed E-state index contributed by atoms with van der Waals surface area (Å²) in [5, 5.41) is 1.93. The van der Waals surface area contributed by atoms with Crippen molar-refractivity contribution in [3.05, 3.63) is 77.9 Å². The van der Waals surface area contributed by atoms with E-state index >= 15 is 0 Å². The van der Waals surface area contributed by atoms with Gasteiger partial charge in [0.05, 0.1) is 17.5 Å². The van der Waals surface area contributed by atoms with Gasteiger partial charge in [-0.2, -0.15) is 0 Å². The molecule has 3 atom stereocenters. The predicted octanol–water partition coefficient (Wildman–Crippen LogP) is 3.24. The van der Waals surface area contributed by atoms with Crippen LogP contribution in [0.2, 0.25) is 0 Å². The van der Waals surface area contributed by atoms with Crippen molar-refractivity contribution in [3.8, 4) is 0 Å². The fourth-order valence-electron chi connectivity index (χ4n) is 6.81. The number of nitrogens with zero attached hydrogens (tertiary/aromatic N) is 2. The first kappa shape index (κ1) is 18.9. The van der Waals surface area contributed by atoms with Crippen LogP contribution in [0.25, 0.3) is 10.8 Å². The van der Waals surface area contributed by atoms with Crippen LogP contribution in [0, 0.1) is 11.8 Å². The number of ketones is 2. The highest BCUT2D eigenvalue weighted by atomic mass is 16.2. The molecule has 6 heteroatoms. The molecule has 1 aliphatic carbocycles. The summed E-state index contributed by atoms with van der Waals surface area (Å²) in [4.78, 5) is 58.5. The van der Waals surface area contributed by atoms with E-state index in [1.807, 2.05) is 41.3 Å². The number of carbonyl (C=O) groups is 4. The summed E-state index contributed by atoms with van der Waals surface area (Å²) in [6, 6.07) is 19.8. The molecule has 2 amide bonds. The number of imide groups is 1. The Balaban J connectivity index is 1.41. The van der Waals surface area contributed by atoms with Crippen molar-refractivity contribution < 1.29 is 19.2 Å². The van der Waals surface area contributed by atoms with E-state index in [1.165, 1.54) is 4.90 Å². The maximum absolute atomic E-state index is 13.9. The number of fused-ring (bicyclic) bond motifs is 7. The molecule has 0 saturated carbocycles. The molecular weight excluding hydrogens is 416 g/mol. The highest BCUT2D eigenvalue weighted by Crippen LogP contribution is 2.57. The highest BCUT2D eigenvalue weighted by Gasteiger charge is 2.76. The van der Waals surface area contributed by atoms with E-state index in [9.17, 15) is 19.2 Å². The SMILES string of the molecule is O=C1[C@H]2[C@H]3CCCN3C3(C(=O)c4ccccc4C3=O)[C@@H]2C(=O)N1c1ccc2ccccc2c1. The van der Waals surface area contributed by atoms with E-state index in [1.54, 1.807) is 30.3 Å². The van der Waals surface area contributed by atoms with Gasteiger partial charge < -0.3 is 0 Å². The molecule has 3 saturated heterocycles. The third-order valence-electron chi connectivity index (χ3n) is 8.07. The minimum absolute atomic E-state index is 0.279. The fourth-order valence-corrected chi connectivity index (χ4v) is 6.81. The molecule has 3 aromatic carbocycles. The minimum atomic E-state index is -1.60. The summed E-state index contributed by atoms with van der Waals surface area (Å²) in [5.41, 5.74) is -0.391. The zero-order chi connectivity index (χ0) is 22.5. The number of anilines is 1. The quantitative estimate of drug-likeness (QED) is 0.433. The average Bonchev–Trinajstić information content (AvgIpc) is 3.53. The highest BCUT2D eigenvalue weighted by molar-refractivity contribution is 6.37. The summed E-state index contributed by atoms with van der Waals surface area (Å²) < 4.78 is 0. The molecule has 0 bridgehead atoms. The lowest BCUT2D eigenvalue weighted by atomic mass is 9.76. The first-order chi connectivity index (χ1) is 16.0. The lowest BCUT2D eigenvalue weighted by Gasteiger charge is -2.35. The lowest BCUT2D eigenvalue weighted by Crippen LogP contribution is -2.59. The van der Waals surface area contributed by atoms with Gasteiger partial charge in [-0.05, 0) is 42.3 Å². The Labute approximate surface area is 189 Å². The average molecular weight is 436 g/mol. The van der Waals surface area contributed by atoms with Crippen molar-refractivity contribution >= 4 is 39.8 Å².